The van der Waals surface area contributed by atoms with Crippen LogP contribution in [0.15, 0.2) is 36.4 Å². The Kier molecular flexibility index (Phi) is 4.52. The van der Waals surface area contributed by atoms with E-state index in [4.69, 9.17) is 4.74 Å². The molecule has 0 aliphatic carbocycles. The number of benzene rings is 1. The average Bonchev–Trinajstić information content (AvgIpc) is 3.07. The summed E-state index contributed by atoms with van der Waals surface area (Å²) in [6.45, 7) is 0. The molecule has 0 radical (unpaired) electrons. The van der Waals surface area contributed by atoms with Gasteiger partial charge in [0.25, 0.3) is 0 Å². The van der Waals surface area contributed by atoms with Gasteiger partial charge in [-0.3, -0.25) is 0 Å². The normalized spacial score (nSPS) is 32.3. The number of nitrogens with zero attached hydrogens (tertiary/aromatic N) is 1. The van der Waals surface area contributed by atoms with Gasteiger partial charge in [0.15, 0.2) is 9.84 Å². The predicted octanol–water partition coefficient (Wildman–Crippen LogP) is 1.83. The van der Waals surface area contributed by atoms with Crippen LogP contribution in [0.4, 0.5) is 4.79 Å². The Hall–Kier alpha value is -1.86. The highest BCUT2D eigenvalue weighted by Crippen LogP contribution is 2.38. The molecule has 2 fully saturated rings. The lowest BCUT2D eigenvalue weighted by molar-refractivity contribution is 0.0961. The fourth-order valence-electron chi connectivity index (χ4n) is 4.43. The monoisotopic (exact) mass is 376 g/mol. The minimum atomic E-state index is -3.16. The molecule has 26 heavy (non-hydrogen) atoms. The summed E-state index contributed by atoms with van der Waals surface area (Å²) in [5.41, 5.74) is 2.51. The van der Waals surface area contributed by atoms with Gasteiger partial charge in [0.05, 0.1) is 29.7 Å². The number of ether oxygens (including phenoxy) is 1. The highest BCUT2D eigenvalue weighted by Gasteiger charge is 2.43. The summed E-state index contributed by atoms with van der Waals surface area (Å²) < 4.78 is 29.0. The molecule has 2 bridgehead atoms. The molecule has 3 heterocycles. The Morgan fingerprint density at radius 1 is 1.19 bits per heavy atom. The molecule has 3 aliphatic rings. The van der Waals surface area contributed by atoms with Gasteiger partial charge in [0, 0.05) is 13.2 Å². The van der Waals surface area contributed by atoms with Crippen molar-refractivity contribution in [3.8, 4) is 0 Å². The Labute approximate surface area is 154 Å². The van der Waals surface area contributed by atoms with Crippen molar-refractivity contribution in [1.29, 1.82) is 0 Å². The van der Waals surface area contributed by atoms with Crippen molar-refractivity contribution < 1.29 is 17.9 Å². The summed E-state index contributed by atoms with van der Waals surface area (Å²) in [4.78, 5) is 14.8. The summed E-state index contributed by atoms with van der Waals surface area (Å²) in [5.74, 6) is -0.0785. The van der Waals surface area contributed by atoms with E-state index in [-0.39, 0.29) is 29.6 Å². The number of sulfone groups is 1. The van der Waals surface area contributed by atoms with Crippen LogP contribution >= 0.6 is 0 Å². The fraction of sp³-hybridized carbons (Fsp3) is 0.526. The number of fused-ring (bicyclic) bond motifs is 2. The molecule has 2 saturated heterocycles. The number of methoxy groups -OCH3 is 1. The maximum Gasteiger partial charge on any atom is 0.318 e. The predicted molar refractivity (Wildman–Crippen MR) is 99.5 cm³/mol. The lowest BCUT2D eigenvalue weighted by atomic mass is 9.95. The fourth-order valence-corrected chi connectivity index (χ4v) is 6.28. The highest BCUT2D eigenvalue weighted by molar-refractivity contribution is 7.91. The van der Waals surface area contributed by atoms with Gasteiger partial charge in [-0.2, -0.15) is 0 Å². The third-order valence-electron chi connectivity index (χ3n) is 5.69. The molecule has 4 rings (SSSR count). The van der Waals surface area contributed by atoms with Crippen LogP contribution in [0.3, 0.4) is 0 Å². The zero-order valence-corrected chi connectivity index (χ0v) is 15.6. The van der Waals surface area contributed by atoms with Crippen LogP contribution in [0.5, 0.6) is 0 Å². The van der Waals surface area contributed by atoms with Gasteiger partial charge < -0.3 is 15.0 Å². The summed E-state index contributed by atoms with van der Waals surface area (Å²) in [6.07, 6.45) is 4.48. The van der Waals surface area contributed by atoms with Gasteiger partial charge in [0.1, 0.15) is 0 Å². The van der Waals surface area contributed by atoms with Crippen LogP contribution < -0.4 is 5.32 Å². The van der Waals surface area contributed by atoms with E-state index in [1.807, 2.05) is 23.1 Å². The van der Waals surface area contributed by atoms with Gasteiger partial charge >= 0.3 is 6.03 Å². The molecule has 1 aromatic rings. The van der Waals surface area contributed by atoms with E-state index in [0.29, 0.717) is 0 Å². The highest BCUT2D eigenvalue weighted by atomic mass is 32.2. The third-order valence-corrected chi connectivity index (χ3v) is 7.39. The molecule has 2 amide bonds. The van der Waals surface area contributed by atoms with E-state index in [2.05, 4.69) is 23.5 Å². The lowest BCUT2D eigenvalue weighted by Crippen LogP contribution is -2.53. The van der Waals surface area contributed by atoms with Gasteiger partial charge in [-0.05, 0) is 30.4 Å². The maximum absolute atomic E-state index is 12.9. The number of urea groups is 1. The van der Waals surface area contributed by atoms with E-state index in [9.17, 15) is 13.2 Å². The molecular weight excluding hydrogens is 352 g/mol. The van der Waals surface area contributed by atoms with Crippen LogP contribution in [-0.4, -0.2) is 62.2 Å². The Morgan fingerprint density at radius 2 is 1.96 bits per heavy atom. The number of carbonyl (C=O) groups excluding carboxylic acids is 1. The molecule has 0 aromatic heterocycles. The number of hydrogen-bond donors (Lipinski definition) is 1. The van der Waals surface area contributed by atoms with Crippen molar-refractivity contribution >= 4 is 21.4 Å². The number of rotatable bonds is 3. The third kappa shape index (κ3) is 3.25. The first-order chi connectivity index (χ1) is 12.5. The first-order valence-corrected chi connectivity index (χ1v) is 10.9. The van der Waals surface area contributed by atoms with E-state index < -0.39 is 22.0 Å². The number of carbonyl (C=O) groups is 1. The van der Waals surface area contributed by atoms with Gasteiger partial charge in [-0.25, -0.2) is 13.2 Å². The smallest absolute Gasteiger partial charge is 0.318 e. The second-order valence-corrected chi connectivity index (χ2v) is 9.53. The topological polar surface area (TPSA) is 75.7 Å². The Balaban J connectivity index is 1.49. The first-order valence-electron chi connectivity index (χ1n) is 9.05. The van der Waals surface area contributed by atoms with Crippen LogP contribution in [0.25, 0.3) is 5.57 Å². The molecule has 7 heteroatoms. The van der Waals surface area contributed by atoms with E-state index in [1.54, 1.807) is 0 Å². The molecular formula is C19H24N2O4S. The first kappa shape index (κ1) is 17.5. The van der Waals surface area contributed by atoms with Crippen molar-refractivity contribution in [2.75, 3.05) is 18.6 Å². The average molecular weight is 376 g/mol. The molecule has 1 aromatic carbocycles. The van der Waals surface area contributed by atoms with Crippen LogP contribution in [0.1, 0.15) is 24.8 Å². The minimum absolute atomic E-state index is 0.0284. The molecule has 3 aliphatic heterocycles. The van der Waals surface area contributed by atoms with Crippen LogP contribution in [-0.2, 0) is 14.6 Å². The van der Waals surface area contributed by atoms with Crippen LogP contribution in [0.2, 0.25) is 0 Å². The quantitative estimate of drug-likeness (QED) is 0.873. The van der Waals surface area contributed by atoms with Gasteiger partial charge in [0.2, 0.25) is 0 Å². The minimum Gasteiger partial charge on any atom is -0.378 e. The van der Waals surface area contributed by atoms with E-state index in [1.165, 1.54) is 18.2 Å². The largest absolute Gasteiger partial charge is 0.378 e. The summed E-state index contributed by atoms with van der Waals surface area (Å²) in [5, 5.41) is 2.91. The van der Waals surface area contributed by atoms with Crippen molar-refractivity contribution in [3.05, 3.63) is 42.0 Å². The molecule has 4 unspecified atom stereocenters. The molecule has 0 spiro atoms. The second kappa shape index (κ2) is 6.70. The van der Waals surface area contributed by atoms with E-state index in [0.717, 1.165) is 19.3 Å². The summed E-state index contributed by atoms with van der Waals surface area (Å²) in [7, 11) is -1.67. The molecule has 4 atom stereocenters. The maximum atomic E-state index is 12.9. The Bertz CT molecular complexity index is 821. The van der Waals surface area contributed by atoms with Crippen molar-refractivity contribution in [2.24, 2.45) is 0 Å². The standard InChI is InChI=1S/C19H24N2O4S/c1-25-18-12-26(23,24)11-17(18)20-19(22)21-15-7-8-16(21)10-14(9-15)13-5-3-2-4-6-13/h2-6,9,15-18H,7-8,10-12H2,1H3,(H,20,22). The molecule has 6 nitrogen and oxygen atoms in total. The SMILES string of the molecule is COC1CS(=O)(=O)CC1NC(=O)N1C2C=C(c3ccccc3)CC1CC2. The zero-order chi connectivity index (χ0) is 18.3. The van der Waals surface area contributed by atoms with Gasteiger partial charge in [-0.15, -0.1) is 0 Å². The van der Waals surface area contributed by atoms with Crippen molar-refractivity contribution in [2.45, 2.75) is 43.5 Å². The second-order valence-electron chi connectivity index (χ2n) is 7.37. The van der Waals surface area contributed by atoms with Crippen LogP contribution in [0, 0.1) is 0 Å². The zero-order valence-electron chi connectivity index (χ0n) is 14.8. The van der Waals surface area contributed by atoms with Gasteiger partial charge in [-0.1, -0.05) is 36.4 Å². The number of hydrogen-bond acceptors (Lipinski definition) is 4. The Morgan fingerprint density at radius 3 is 2.65 bits per heavy atom. The summed E-state index contributed by atoms with van der Waals surface area (Å²) in [6, 6.07) is 9.86. The number of amides is 2. The van der Waals surface area contributed by atoms with Crippen molar-refractivity contribution in [3.63, 3.8) is 0 Å². The molecule has 140 valence electrons. The molecule has 0 saturated carbocycles. The van der Waals surface area contributed by atoms with Crippen molar-refractivity contribution in [1.82, 2.24) is 10.2 Å². The summed E-state index contributed by atoms with van der Waals surface area (Å²) >= 11 is 0. The number of nitrogens with one attached hydrogen (secondary N) is 1. The molecule has 1 N–H and O–H groups in total. The van der Waals surface area contributed by atoms with E-state index >= 15 is 0 Å². The lowest BCUT2D eigenvalue weighted by Gasteiger charge is -2.35.